The Labute approximate surface area is 128 Å². The minimum atomic E-state index is -0.261. The monoisotopic (exact) mass is 299 g/mol. The molecule has 106 valence electrons. The van der Waals surface area contributed by atoms with Crippen LogP contribution < -0.4 is 10.1 Å². The van der Waals surface area contributed by atoms with Crippen LogP contribution in [-0.2, 0) is 6.61 Å². The molecule has 0 aromatic heterocycles. The molecule has 3 nitrogen and oxygen atoms in total. The fourth-order valence-corrected chi connectivity index (χ4v) is 1.97. The normalized spacial score (nSPS) is 9.71. The number of hydrogen-bond donors (Lipinski definition) is 1. The summed E-state index contributed by atoms with van der Waals surface area (Å²) in [6.45, 7) is 0.469. The molecule has 2 aromatic rings. The molecule has 0 atom stereocenters. The van der Waals surface area contributed by atoms with Crippen LogP contribution in [0, 0.1) is 12.3 Å². The van der Waals surface area contributed by atoms with Crippen molar-refractivity contribution >= 4 is 17.5 Å². The number of hydrogen-bond acceptors (Lipinski definition) is 2. The molecule has 0 aliphatic rings. The van der Waals surface area contributed by atoms with Crippen molar-refractivity contribution in [2.75, 3.05) is 6.54 Å². The van der Waals surface area contributed by atoms with Crippen molar-refractivity contribution in [3.8, 4) is 18.1 Å². The van der Waals surface area contributed by atoms with E-state index in [1.807, 2.05) is 18.2 Å². The lowest BCUT2D eigenvalue weighted by Gasteiger charge is -2.11. The maximum absolute atomic E-state index is 12.0. The summed E-state index contributed by atoms with van der Waals surface area (Å²) in [6, 6.07) is 14.4. The van der Waals surface area contributed by atoms with Gasteiger partial charge in [0.15, 0.2) is 0 Å². The molecule has 1 N–H and O–H groups in total. The van der Waals surface area contributed by atoms with Crippen molar-refractivity contribution in [2.45, 2.75) is 6.61 Å². The van der Waals surface area contributed by atoms with E-state index in [-0.39, 0.29) is 12.5 Å². The molecular formula is C17H14ClNO2. The highest BCUT2D eigenvalue weighted by molar-refractivity contribution is 6.31. The molecule has 0 spiro atoms. The number of para-hydroxylation sites is 1. The number of rotatable bonds is 5. The Balaban J connectivity index is 2.12. The highest BCUT2D eigenvalue weighted by Gasteiger charge is 2.11. The summed E-state index contributed by atoms with van der Waals surface area (Å²) in [5, 5.41) is 3.25. The van der Waals surface area contributed by atoms with Crippen LogP contribution in [0.2, 0.25) is 5.02 Å². The van der Waals surface area contributed by atoms with Gasteiger partial charge in [-0.2, -0.15) is 0 Å². The number of carbonyl (C=O) groups is 1. The zero-order valence-electron chi connectivity index (χ0n) is 11.3. The summed E-state index contributed by atoms with van der Waals surface area (Å²) < 4.78 is 5.71. The molecule has 0 radical (unpaired) electrons. The van der Waals surface area contributed by atoms with Crippen LogP contribution in [0.25, 0.3) is 0 Å². The van der Waals surface area contributed by atoms with Crippen LogP contribution in [0.1, 0.15) is 15.9 Å². The van der Waals surface area contributed by atoms with Gasteiger partial charge in [0.25, 0.3) is 5.91 Å². The van der Waals surface area contributed by atoms with Gasteiger partial charge in [0.1, 0.15) is 12.4 Å². The maximum atomic E-state index is 12.0. The van der Waals surface area contributed by atoms with E-state index < -0.39 is 0 Å². The average Bonchev–Trinajstić information content (AvgIpc) is 2.52. The van der Waals surface area contributed by atoms with Gasteiger partial charge in [0.2, 0.25) is 0 Å². The third-order valence-corrected chi connectivity index (χ3v) is 3.19. The lowest BCUT2D eigenvalue weighted by Crippen LogP contribution is -2.24. The number of halogens is 1. The summed E-state index contributed by atoms with van der Waals surface area (Å²) in [4.78, 5) is 12.0. The first-order valence-electron chi connectivity index (χ1n) is 6.39. The smallest absolute Gasteiger partial charge is 0.255 e. The average molecular weight is 300 g/mol. The summed E-state index contributed by atoms with van der Waals surface area (Å²) in [7, 11) is 0. The van der Waals surface area contributed by atoms with Crippen LogP contribution in [-0.4, -0.2) is 12.5 Å². The molecule has 0 fully saturated rings. The van der Waals surface area contributed by atoms with E-state index >= 15 is 0 Å². The van der Waals surface area contributed by atoms with Crippen molar-refractivity contribution in [1.29, 1.82) is 0 Å². The van der Waals surface area contributed by atoms with Gasteiger partial charge in [-0.15, -0.1) is 6.42 Å². The van der Waals surface area contributed by atoms with Crippen molar-refractivity contribution in [2.24, 2.45) is 0 Å². The highest BCUT2D eigenvalue weighted by atomic mass is 35.5. The third-order valence-electron chi connectivity index (χ3n) is 2.82. The van der Waals surface area contributed by atoms with Crippen molar-refractivity contribution < 1.29 is 9.53 Å². The maximum Gasteiger partial charge on any atom is 0.255 e. The second kappa shape index (κ2) is 7.37. The highest BCUT2D eigenvalue weighted by Crippen LogP contribution is 2.21. The van der Waals surface area contributed by atoms with E-state index in [1.54, 1.807) is 30.3 Å². The van der Waals surface area contributed by atoms with Crippen LogP contribution in [0.5, 0.6) is 5.75 Å². The first-order chi connectivity index (χ1) is 10.2. The van der Waals surface area contributed by atoms with Crippen LogP contribution in [0.4, 0.5) is 0 Å². The number of terminal acetylenes is 1. The van der Waals surface area contributed by atoms with Gasteiger partial charge < -0.3 is 10.1 Å². The van der Waals surface area contributed by atoms with Gasteiger partial charge in [-0.05, 0) is 18.2 Å². The number of benzene rings is 2. The quantitative estimate of drug-likeness (QED) is 0.861. The van der Waals surface area contributed by atoms with Crippen molar-refractivity contribution in [3.63, 3.8) is 0 Å². The molecule has 0 bridgehead atoms. The summed E-state index contributed by atoms with van der Waals surface area (Å²) >= 11 is 6.08. The Kier molecular flexibility index (Phi) is 5.25. The zero-order valence-corrected chi connectivity index (χ0v) is 12.1. The van der Waals surface area contributed by atoms with Gasteiger partial charge in [-0.1, -0.05) is 47.9 Å². The molecule has 21 heavy (non-hydrogen) atoms. The largest absolute Gasteiger partial charge is 0.488 e. The van der Waals surface area contributed by atoms with Crippen molar-refractivity contribution in [1.82, 2.24) is 5.32 Å². The molecule has 0 saturated heterocycles. The predicted molar refractivity (Wildman–Crippen MR) is 83.4 cm³/mol. The molecule has 0 saturated carbocycles. The molecule has 0 heterocycles. The van der Waals surface area contributed by atoms with Gasteiger partial charge in [0, 0.05) is 10.6 Å². The molecule has 4 heteroatoms. The molecule has 2 aromatic carbocycles. The number of nitrogens with one attached hydrogen (secondary N) is 1. The summed E-state index contributed by atoms with van der Waals surface area (Å²) in [5.74, 6) is 2.59. The van der Waals surface area contributed by atoms with E-state index in [4.69, 9.17) is 22.8 Å². The standard InChI is InChI=1S/C17H14ClNO2/c1-2-11-19-17(20)14-8-4-6-10-16(14)21-12-13-7-3-5-9-15(13)18/h1,3-10H,11-12H2,(H,19,20). The number of carbonyl (C=O) groups excluding carboxylic acids is 1. The summed E-state index contributed by atoms with van der Waals surface area (Å²) in [5.41, 5.74) is 1.30. The van der Waals surface area contributed by atoms with Crippen LogP contribution in [0.3, 0.4) is 0 Å². The molecule has 1 amide bonds. The fraction of sp³-hybridized carbons (Fsp3) is 0.118. The van der Waals surface area contributed by atoms with E-state index in [1.165, 1.54) is 0 Å². The van der Waals surface area contributed by atoms with Crippen molar-refractivity contribution in [3.05, 3.63) is 64.7 Å². The van der Waals surface area contributed by atoms with E-state index in [0.29, 0.717) is 22.9 Å². The lowest BCUT2D eigenvalue weighted by atomic mass is 10.2. The van der Waals surface area contributed by atoms with Crippen LogP contribution >= 0.6 is 11.6 Å². The summed E-state index contributed by atoms with van der Waals surface area (Å²) in [6.07, 6.45) is 5.13. The van der Waals surface area contributed by atoms with Gasteiger partial charge >= 0.3 is 0 Å². The number of amides is 1. The molecule has 2 rings (SSSR count). The zero-order chi connectivity index (χ0) is 15.1. The molecule has 0 aliphatic carbocycles. The Morgan fingerprint density at radius 2 is 1.90 bits per heavy atom. The number of ether oxygens (including phenoxy) is 1. The SMILES string of the molecule is C#CCNC(=O)c1ccccc1OCc1ccccc1Cl. The predicted octanol–water partition coefficient (Wildman–Crippen LogP) is 3.28. The van der Waals surface area contributed by atoms with Gasteiger partial charge in [-0.25, -0.2) is 0 Å². The minimum absolute atomic E-state index is 0.178. The topological polar surface area (TPSA) is 38.3 Å². The minimum Gasteiger partial charge on any atom is -0.488 e. The Bertz CT molecular complexity index is 676. The first kappa shape index (κ1) is 15.0. The van der Waals surface area contributed by atoms with E-state index in [0.717, 1.165) is 5.56 Å². The van der Waals surface area contributed by atoms with Gasteiger partial charge in [-0.3, -0.25) is 4.79 Å². The third kappa shape index (κ3) is 4.01. The Morgan fingerprint density at radius 1 is 1.19 bits per heavy atom. The van der Waals surface area contributed by atoms with E-state index in [9.17, 15) is 4.79 Å². The molecule has 0 aliphatic heterocycles. The van der Waals surface area contributed by atoms with Gasteiger partial charge in [0.05, 0.1) is 12.1 Å². The molecule has 0 unspecified atom stereocenters. The first-order valence-corrected chi connectivity index (χ1v) is 6.77. The lowest BCUT2D eigenvalue weighted by molar-refractivity contribution is 0.0954. The fourth-order valence-electron chi connectivity index (χ4n) is 1.78. The second-order valence-electron chi connectivity index (χ2n) is 4.26. The second-order valence-corrected chi connectivity index (χ2v) is 4.67. The Hall–Kier alpha value is -2.44. The molecular weight excluding hydrogens is 286 g/mol. The van der Waals surface area contributed by atoms with E-state index in [2.05, 4.69) is 11.2 Å². The van der Waals surface area contributed by atoms with Crippen LogP contribution in [0.15, 0.2) is 48.5 Å². The Morgan fingerprint density at radius 3 is 2.67 bits per heavy atom.